The molecular weight excluding hydrogens is 262 g/mol. The van der Waals surface area contributed by atoms with Gasteiger partial charge in [0.15, 0.2) is 0 Å². The summed E-state index contributed by atoms with van der Waals surface area (Å²) in [5, 5.41) is 0. The molecule has 4 aliphatic carbocycles. The molecule has 0 unspecified atom stereocenters. The Hall–Kier alpha value is -1.51. The summed E-state index contributed by atoms with van der Waals surface area (Å²) in [6, 6.07) is 7.00. The Balaban J connectivity index is 1.42. The number of carbonyl (C=O) groups is 1. The minimum atomic E-state index is -0.203. The lowest BCUT2D eigenvalue weighted by Gasteiger charge is -2.56. The maximum Gasteiger partial charge on any atom is 0.338 e. The smallest absolute Gasteiger partial charge is 0.338 e. The lowest BCUT2D eigenvalue weighted by molar-refractivity contribution is -0.0848. The lowest BCUT2D eigenvalue weighted by atomic mass is 9.50. The van der Waals surface area contributed by atoms with Gasteiger partial charge >= 0.3 is 5.97 Å². The highest BCUT2D eigenvalue weighted by Crippen LogP contribution is 2.60. The molecule has 0 atom stereocenters. The molecule has 0 aromatic heterocycles. The van der Waals surface area contributed by atoms with Gasteiger partial charge in [0, 0.05) is 11.1 Å². The van der Waals surface area contributed by atoms with Gasteiger partial charge in [-0.1, -0.05) is 0 Å². The van der Waals surface area contributed by atoms with E-state index < -0.39 is 0 Å². The van der Waals surface area contributed by atoms with Gasteiger partial charge in [0.2, 0.25) is 0 Å². The summed E-state index contributed by atoms with van der Waals surface area (Å²) in [5.74, 6) is 2.48. The number of anilines is 1. The van der Waals surface area contributed by atoms with E-state index in [2.05, 4.69) is 0 Å². The average molecular weight is 285 g/mol. The quantitative estimate of drug-likeness (QED) is 0.681. The van der Waals surface area contributed by atoms with E-state index in [1.54, 1.807) is 24.3 Å². The van der Waals surface area contributed by atoms with Crippen LogP contribution >= 0.6 is 0 Å². The fourth-order valence-electron chi connectivity index (χ4n) is 5.39. The predicted octanol–water partition coefficient (Wildman–Crippen LogP) is 3.64. The second kappa shape index (κ2) is 4.75. The monoisotopic (exact) mass is 285 g/mol. The maximum atomic E-state index is 12.2. The second-order valence-corrected chi connectivity index (χ2v) is 7.62. The lowest BCUT2D eigenvalue weighted by Crippen LogP contribution is -2.48. The van der Waals surface area contributed by atoms with Crippen molar-refractivity contribution < 1.29 is 9.53 Å². The zero-order valence-corrected chi connectivity index (χ0v) is 12.4. The summed E-state index contributed by atoms with van der Waals surface area (Å²) < 4.78 is 5.67. The van der Waals surface area contributed by atoms with Crippen molar-refractivity contribution in [1.29, 1.82) is 0 Å². The number of rotatable bonds is 3. The molecule has 0 amide bonds. The van der Waals surface area contributed by atoms with Crippen LogP contribution in [0.3, 0.4) is 0 Å². The van der Waals surface area contributed by atoms with Gasteiger partial charge in [-0.2, -0.15) is 0 Å². The summed E-state index contributed by atoms with van der Waals surface area (Å²) in [6.07, 6.45) is 8.08. The second-order valence-electron chi connectivity index (χ2n) is 7.62. The molecule has 4 fully saturated rings. The van der Waals surface area contributed by atoms with Gasteiger partial charge in [-0.05, 0) is 80.5 Å². The molecule has 4 aliphatic rings. The fourth-order valence-corrected chi connectivity index (χ4v) is 5.39. The molecule has 4 bridgehead atoms. The predicted molar refractivity (Wildman–Crippen MR) is 81.7 cm³/mol. The number of benzene rings is 1. The van der Waals surface area contributed by atoms with E-state index in [-0.39, 0.29) is 11.4 Å². The minimum absolute atomic E-state index is 0.203. The molecule has 1 aromatic rings. The van der Waals surface area contributed by atoms with E-state index in [1.165, 1.54) is 38.5 Å². The van der Waals surface area contributed by atoms with Crippen LogP contribution in [0.1, 0.15) is 48.9 Å². The molecule has 0 saturated heterocycles. The zero-order chi connectivity index (χ0) is 14.4. The van der Waals surface area contributed by atoms with E-state index in [9.17, 15) is 4.79 Å². The van der Waals surface area contributed by atoms with Crippen LogP contribution in [0.5, 0.6) is 0 Å². The largest absolute Gasteiger partial charge is 0.462 e. The fraction of sp³-hybridized carbons (Fsp3) is 0.611. The highest BCUT2D eigenvalue weighted by Gasteiger charge is 2.51. The Labute approximate surface area is 125 Å². The standard InChI is InChI=1S/C18H23NO2/c19-16-3-1-15(2-4-16)17(20)21-11-18-8-12-5-13(9-18)7-14(6-12)10-18/h1-4,12-14H,5-11,19H2. The third-order valence-electron chi connectivity index (χ3n) is 5.82. The topological polar surface area (TPSA) is 52.3 Å². The number of nitrogens with two attached hydrogens (primary N) is 1. The molecule has 5 rings (SSSR count). The van der Waals surface area contributed by atoms with Gasteiger partial charge in [-0.15, -0.1) is 0 Å². The van der Waals surface area contributed by atoms with Crippen molar-refractivity contribution in [2.75, 3.05) is 12.3 Å². The molecular formula is C18H23NO2. The van der Waals surface area contributed by atoms with Crippen molar-refractivity contribution in [3.8, 4) is 0 Å². The Morgan fingerprint density at radius 1 is 1.05 bits per heavy atom. The number of ether oxygens (including phenoxy) is 1. The highest BCUT2D eigenvalue weighted by atomic mass is 16.5. The van der Waals surface area contributed by atoms with E-state index >= 15 is 0 Å². The molecule has 2 N–H and O–H groups in total. The van der Waals surface area contributed by atoms with Gasteiger partial charge in [0.1, 0.15) is 0 Å². The van der Waals surface area contributed by atoms with Crippen LogP contribution in [-0.4, -0.2) is 12.6 Å². The zero-order valence-electron chi connectivity index (χ0n) is 12.4. The molecule has 112 valence electrons. The summed E-state index contributed by atoms with van der Waals surface area (Å²) in [5.41, 5.74) is 7.22. The molecule has 1 aromatic carbocycles. The minimum Gasteiger partial charge on any atom is -0.462 e. The van der Waals surface area contributed by atoms with E-state index in [4.69, 9.17) is 10.5 Å². The van der Waals surface area contributed by atoms with Crippen LogP contribution in [-0.2, 0) is 4.74 Å². The normalized spacial score (nSPS) is 36.7. The van der Waals surface area contributed by atoms with Gasteiger partial charge < -0.3 is 10.5 Å². The Kier molecular flexibility index (Phi) is 2.98. The van der Waals surface area contributed by atoms with Crippen molar-refractivity contribution in [2.45, 2.75) is 38.5 Å². The first kappa shape index (κ1) is 13.2. The Morgan fingerprint density at radius 2 is 1.57 bits per heavy atom. The number of esters is 1. The maximum absolute atomic E-state index is 12.2. The van der Waals surface area contributed by atoms with Crippen molar-refractivity contribution in [3.05, 3.63) is 29.8 Å². The number of nitrogen functional groups attached to an aromatic ring is 1. The number of hydrogen-bond donors (Lipinski definition) is 1. The van der Waals surface area contributed by atoms with Gasteiger partial charge in [0.05, 0.1) is 12.2 Å². The van der Waals surface area contributed by atoms with Crippen LogP contribution in [0.25, 0.3) is 0 Å². The molecule has 0 spiro atoms. The highest BCUT2D eigenvalue weighted by molar-refractivity contribution is 5.89. The van der Waals surface area contributed by atoms with Crippen molar-refractivity contribution in [3.63, 3.8) is 0 Å². The number of hydrogen-bond acceptors (Lipinski definition) is 3. The first-order valence-electron chi connectivity index (χ1n) is 8.15. The van der Waals surface area contributed by atoms with E-state index in [0.29, 0.717) is 17.9 Å². The van der Waals surface area contributed by atoms with E-state index in [0.717, 1.165) is 17.8 Å². The molecule has 0 heterocycles. The summed E-state index contributed by atoms with van der Waals surface area (Å²) in [6.45, 7) is 0.611. The van der Waals surface area contributed by atoms with Crippen molar-refractivity contribution in [1.82, 2.24) is 0 Å². The molecule has 0 radical (unpaired) electrons. The molecule has 21 heavy (non-hydrogen) atoms. The summed E-state index contributed by atoms with van der Waals surface area (Å²) in [7, 11) is 0. The van der Waals surface area contributed by atoms with Crippen LogP contribution < -0.4 is 5.73 Å². The van der Waals surface area contributed by atoms with Crippen LogP contribution in [0.2, 0.25) is 0 Å². The Bertz CT molecular complexity index is 514. The molecule has 3 nitrogen and oxygen atoms in total. The summed E-state index contributed by atoms with van der Waals surface area (Å²) >= 11 is 0. The van der Waals surface area contributed by atoms with Crippen molar-refractivity contribution >= 4 is 11.7 Å². The first-order chi connectivity index (χ1) is 10.1. The third-order valence-corrected chi connectivity index (χ3v) is 5.82. The third kappa shape index (κ3) is 2.43. The van der Waals surface area contributed by atoms with Crippen LogP contribution in [0.4, 0.5) is 5.69 Å². The van der Waals surface area contributed by atoms with Crippen LogP contribution in [0.15, 0.2) is 24.3 Å². The summed E-state index contributed by atoms with van der Waals surface area (Å²) in [4.78, 5) is 12.2. The van der Waals surface area contributed by atoms with Crippen molar-refractivity contribution in [2.24, 2.45) is 23.2 Å². The van der Waals surface area contributed by atoms with Gasteiger partial charge in [-0.3, -0.25) is 0 Å². The average Bonchev–Trinajstić information content (AvgIpc) is 2.44. The Morgan fingerprint density at radius 3 is 2.10 bits per heavy atom. The van der Waals surface area contributed by atoms with Gasteiger partial charge in [0.25, 0.3) is 0 Å². The SMILES string of the molecule is Nc1ccc(C(=O)OCC23CC4CC(CC(C4)C2)C3)cc1. The molecule has 0 aliphatic heterocycles. The van der Waals surface area contributed by atoms with Gasteiger partial charge in [-0.25, -0.2) is 4.79 Å². The molecule has 3 heteroatoms. The first-order valence-corrected chi connectivity index (χ1v) is 8.15. The van der Waals surface area contributed by atoms with E-state index in [1.807, 2.05) is 0 Å². The molecule has 4 saturated carbocycles. The van der Waals surface area contributed by atoms with Crippen LogP contribution in [0, 0.1) is 23.2 Å². The number of carbonyl (C=O) groups excluding carboxylic acids is 1.